The highest BCUT2D eigenvalue weighted by Gasteiger charge is 2.00. The number of urea groups is 1. The lowest BCUT2D eigenvalue weighted by Gasteiger charge is -2.06. The van der Waals surface area contributed by atoms with Gasteiger partial charge in [0.05, 0.1) is 7.11 Å². The molecule has 4 nitrogen and oxygen atoms in total. The third-order valence-electron chi connectivity index (χ3n) is 2.97. The molecule has 5 heteroatoms. The van der Waals surface area contributed by atoms with Gasteiger partial charge in [-0.1, -0.05) is 46.3 Å². The second-order valence-corrected chi connectivity index (χ2v) is 5.39. The summed E-state index contributed by atoms with van der Waals surface area (Å²) in [5.41, 5.74) is 1.97. The number of halogens is 1. The van der Waals surface area contributed by atoms with Gasteiger partial charge in [-0.15, -0.1) is 0 Å². The summed E-state index contributed by atoms with van der Waals surface area (Å²) in [6, 6.07) is 15.1. The molecule has 2 aromatic carbocycles. The van der Waals surface area contributed by atoms with E-state index in [2.05, 4.69) is 26.6 Å². The van der Waals surface area contributed by atoms with Crippen LogP contribution in [0.4, 0.5) is 4.79 Å². The predicted octanol–water partition coefficient (Wildman–Crippen LogP) is 3.93. The number of nitrogens with one attached hydrogen (secondary N) is 2. The molecule has 0 saturated carbocycles. The van der Waals surface area contributed by atoms with Crippen molar-refractivity contribution in [1.82, 2.24) is 10.6 Å². The number of ether oxygens (including phenoxy) is 1. The fourth-order valence-corrected chi connectivity index (χ4v) is 2.25. The fourth-order valence-electron chi connectivity index (χ4n) is 1.83. The van der Waals surface area contributed by atoms with Crippen molar-refractivity contribution >= 4 is 28.0 Å². The van der Waals surface area contributed by atoms with Crippen LogP contribution in [0, 0.1) is 0 Å². The maximum absolute atomic E-state index is 11.7. The molecular weight excluding hydrogens is 344 g/mol. The lowest BCUT2D eigenvalue weighted by molar-refractivity contribution is 0.244. The van der Waals surface area contributed by atoms with Gasteiger partial charge in [-0.3, -0.25) is 0 Å². The average molecular weight is 361 g/mol. The Morgan fingerprint density at radius 2 is 2.05 bits per heavy atom. The van der Waals surface area contributed by atoms with Crippen LogP contribution in [0.25, 0.3) is 6.08 Å². The molecule has 0 unspecified atom stereocenters. The minimum Gasteiger partial charge on any atom is -0.497 e. The second kappa shape index (κ2) is 8.24. The zero-order chi connectivity index (χ0) is 15.8. The van der Waals surface area contributed by atoms with Crippen LogP contribution >= 0.6 is 15.9 Å². The van der Waals surface area contributed by atoms with E-state index in [9.17, 15) is 4.79 Å². The summed E-state index contributed by atoms with van der Waals surface area (Å²) in [5, 5.41) is 5.46. The van der Waals surface area contributed by atoms with Gasteiger partial charge in [-0.05, 0) is 35.4 Å². The molecule has 0 atom stereocenters. The highest BCUT2D eigenvalue weighted by atomic mass is 79.9. The lowest BCUT2D eigenvalue weighted by atomic mass is 10.2. The van der Waals surface area contributed by atoms with E-state index in [4.69, 9.17) is 4.74 Å². The Labute approximate surface area is 138 Å². The molecule has 2 rings (SSSR count). The minimum atomic E-state index is -0.258. The Kier molecular flexibility index (Phi) is 6.03. The first-order valence-corrected chi connectivity index (χ1v) is 7.56. The molecule has 0 aliphatic heterocycles. The van der Waals surface area contributed by atoms with Crippen LogP contribution in [0.2, 0.25) is 0 Å². The molecular formula is C17H17BrN2O2. The van der Waals surface area contributed by atoms with Crippen molar-refractivity contribution < 1.29 is 9.53 Å². The van der Waals surface area contributed by atoms with Crippen molar-refractivity contribution in [2.45, 2.75) is 6.54 Å². The molecule has 0 saturated heterocycles. The molecule has 22 heavy (non-hydrogen) atoms. The summed E-state index contributed by atoms with van der Waals surface area (Å²) in [4.78, 5) is 11.7. The first kappa shape index (κ1) is 16.1. The van der Waals surface area contributed by atoms with Gasteiger partial charge < -0.3 is 15.4 Å². The molecule has 2 N–H and O–H groups in total. The van der Waals surface area contributed by atoms with E-state index in [1.807, 2.05) is 54.6 Å². The second-order valence-electron chi connectivity index (χ2n) is 4.53. The number of carbonyl (C=O) groups excluding carboxylic acids is 1. The summed E-state index contributed by atoms with van der Waals surface area (Å²) in [7, 11) is 1.62. The average Bonchev–Trinajstić information content (AvgIpc) is 2.55. The standard InChI is InChI=1S/C17H17BrN2O2/c1-22-15-7-4-5-13(11-15)12-20-17(21)19-10-9-14-6-2-3-8-16(14)18/h2-11H,12H2,1H3,(H2,19,20,21)/b10-9+. The van der Waals surface area contributed by atoms with E-state index in [1.165, 1.54) is 0 Å². The van der Waals surface area contributed by atoms with Crippen molar-refractivity contribution in [2.24, 2.45) is 0 Å². The van der Waals surface area contributed by atoms with Gasteiger partial charge in [0.2, 0.25) is 0 Å². The van der Waals surface area contributed by atoms with Crippen LogP contribution in [0.3, 0.4) is 0 Å². The van der Waals surface area contributed by atoms with Crippen molar-refractivity contribution in [3.05, 3.63) is 70.3 Å². The number of rotatable bonds is 5. The molecule has 0 spiro atoms. The van der Waals surface area contributed by atoms with E-state index in [0.717, 1.165) is 21.3 Å². The normalized spacial score (nSPS) is 10.5. The van der Waals surface area contributed by atoms with E-state index in [-0.39, 0.29) is 6.03 Å². The molecule has 0 bridgehead atoms. The highest BCUT2D eigenvalue weighted by molar-refractivity contribution is 9.10. The largest absolute Gasteiger partial charge is 0.497 e. The van der Waals surface area contributed by atoms with Crippen LogP contribution in [-0.4, -0.2) is 13.1 Å². The smallest absolute Gasteiger partial charge is 0.319 e. The van der Waals surface area contributed by atoms with Crippen LogP contribution in [0.15, 0.2) is 59.2 Å². The Balaban J connectivity index is 1.82. The Bertz CT molecular complexity index is 671. The number of amides is 2. The van der Waals surface area contributed by atoms with E-state index in [1.54, 1.807) is 13.3 Å². The Morgan fingerprint density at radius 3 is 2.82 bits per heavy atom. The predicted molar refractivity (Wildman–Crippen MR) is 91.5 cm³/mol. The van der Waals surface area contributed by atoms with Crippen LogP contribution < -0.4 is 15.4 Å². The molecule has 2 amide bonds. The Hall–Kier alpha value is -2.27. The fraction of sp³-hybridized carbons (Fsp3) is 0.118. The van der Waals surface area contributed by atoms with E-state index >= 15 is 0 Å². The van der Waals surface area contributed by atoms with Crippen LogP contribution in [0.5, 0.6) is 5.75 Å². The summed E-state index contributed by atoms with van der Waals surface area (Å²) < 4.78 is 6.12. The van der Waals surface area contributed by atoms with Gasteiger partial charge in [0.1, 0.15) is 5.75 Å². The van der Waals surface area contributed by atoms with Crippen LogP contribution in [-0.2, 0) is 6.54 Å². The quantitative estimate of drug-likeness (QED) is 0.848. The van der Waals surface area contributed by atoms with Crippen molar-refractivity contribution in [2.75, 3.05) is 7.11 Å². The lowest BCUT2D eigenvalue weighted by Crippen LogP contribution is -2.31. The summed E-state index contributed by atoms with van der Waals surface area (Å²) in [5.74, 6) is 0.772. The summed E-state index contributed by atoms with van der Waals surface area (Å²) in [6.07, 6.45) is 3.44. The number of methoxy groups -OCH3 is 1. The minimum absolute atomic E-state index is 0.258. The topological polar surface area (TPSA) is 50.4 Å². The van der Waals surface area contributed by atoms with Gasteiger partial charge >= 0.3 is 6.03 Å². The summed E-state index contributed by atoms with van der Waals surface area (Å²) >= 11 is 3.45. The highest BCUT2D eigenvalue weighted by Crippen LogP contribution is 2.16. The van der Waals surface area contributed by atoms with E-state index in [0.29, 0.717) is 6.54 Å². The van der Waals surface area contributed by atoms with Crippen molar-refractivity contribution in [3.8, 4) is 5.75 Å². The number of benzene rings is 2. The molecule has 0 radical (unpaired) electrons. The zero-order valence-corrected chi connectivity index (χ0v) is 13.8. The maximum atomic E-state index is 11.7. The Morgan fingerprint density at radius 1 is 1.23 bits per heavy atom. The molecule has 0 heterocycles. The first-order chi connectivity index (χ1) is 10.7. The van der Waals surface area contributed by atoms with Crippen LogP contribution in [0.1, 0.15) is 11.1 Å². The monoisotopic (exact) mass is 360 g/mol. The molecule has 2 aromatic rings. The maximum Gasteiger partial charge on any atom is 0.319 e. The van der Waals surface area contributed by atoms with Gasteiger partial charge in [0.25, 0.3) is 0 Å². The summed E-state index contributed by atoms with van der Waals surface area (Å²) in [6.45, 7) is 0.436. The van der Waals surface area contributed by atoms with Crippen molar-refractivity contribution in [1.29, 1.82) is 0 Å². The SMILES string of the molecule is COc1cccc(CNC(=O)N/C=C/c2ccccc2Br)c1. The molecule has 0 aliphatic carbocycles. The van der Waals surface area contributed by atoms with E-state index < -0.39 is 0 Å². The van der Waals surface area contributed by atoms with Gasteiger partial charge in [0.15, 0.2) is 0 Å². The molecule has 114 valence electrons. The number of hydrogen-bond acceptors (Lipinski definition) is 2. The zero-order valence-electron chi connectivity index (χ0n) is 12.2. The number of carbonyl (C=O) groups is 1. The third-order valence-corrected chi connectivity index (χ3v) is 3.69. The van der Waals surface area contributed by atoms with Gasteiger partial charge in [0, 0.05) is 17.2 Å². The molecule has 0 aliphatic rings. The van der Waals surface area contributed by atoms with Gasteiger partial charge in [-0.2, -0.15) is 0 Å². The number of hydrogen-bond donors (Lipinski definition) is 2. The molecule has 0 aromatic heterocycles. The van der Waals surface area contributed by atoms with Crippen molar-refractivity contribution in [3.63, 3.8) is 0 Å². The molecule has 0 fully saturated rings. The third kappa shape index (κ3) is 4.93. The van der Waals surface area contributed by atoms with Gasteiger partial charge in [-0.25, -0.2) is 4.79 Å². The first-order valence-electron chi connectivity index (χ1n) is 6.77.